The Morgan fingerprint density at radius 3 is 2.47 bits per heavy atom. The van der Waals surface area contributed by atoms with Crippen LogP contribution in [0.3, 0.4) is 0 Å². The van der Waals surface area contributed by atoms with Gasteiger partial charge in [-0.1, -0.05) is 30.3 Å². The van der Waals surface area contributed by atoms with Crippen molar-refractivity contribution in [3.63, 3.8) is 0 Å². The summed E-state index contributed by atoms with van der Waals surface area (Å²) in [5.74, 6) is -0.879. The van der Waals surface area contributed by atoms with Crippen molar-refractivity contribution in [3.05, 3.63) is 68.8 Å². The Labute approximate surface area is 113 Å². The molecule has 0 saturated heterocycles. The number of rotatable bonds is 3. The second-order valence-corrected chi connectivity index (χ2v) is 4.94. The fraction of sp³-hybridized carbons (Fsp3) is 0.0714. The van der Waals surface area contributed by atoms with Crippen LogP contribution in [0, 0.1) is 3.57 Å². The largest absolute Gasteiger partial charge is 0.478 e. The van der Waals surface area contributed by atoms with Crippen LogP contribution < -0.4 is 0 Å². The van der Waals surface area contributed by atoms with Crippen LogP contribution in [0.5, 0.6) is 0 Å². The fourth-order valence-corrected chi connectivity index (χ4v) is 2.19. The summed E-state index contributed by atoms with van der Waals surface area (Å²) in [4.78, 5) is 10.9. The molecule has 0 aliphatic carbocycles. The van der Waals surface area contributed by atoms with Crippen LogP contribution in [0.2, 0.25) is 0 Å². The molecule has 0 saturated carbocycles. The van der Waals surface area contributed by atoms with E-state index in [1.807, 2.05) is 36.4 Å². The fourth-order valence-electron chi connectivity index (χ4n) is 1.66. The topological polar surface area (TPSA) is 37.3 Å². The van der Waals surface area contributed by atoms with Gasteiger partial charge in [0, 0.05) is 3.57 Å². The van der Waals surface area contributed by atoms with Crippen molar-refractivity contribution in [1.29, 1.82) is 0 Å². The van der Waals surface area contributed by atoms with Gasteiger partial charge in [-0.2, -0.15) is 0 Å². The summed E-state index contributed by atoms with van der Waals surface area (Å²) in [5.41, 5.74) is 2.58. The predicted octanol–water partition coefficient (Wildman–Crippen LogP) is 3.58. The van der Waals surface area contributed by atoms with Crippen LogP contribution >= 0.6 is 22.6 Å². The lowest BCUT2D eigenvalue weighted by Crippen LogP contribution is -1.99. The third-order valence-corrected chi connectivity index (χ3v) is 3.58. The van der Waals surface area contributed by atoms with Gasteiger partial charge in [-0.25, -0.2) is 4.79 Å². The monoisotopic (exact) mass is 338 g/mol. The van der Waals surface area contributed by atoms with Gasteiger partial charge in [-0.3, -0.25) is 0 Å². The number of aromatic carboxylic acids is 1. The molecule has 0 spiro atoms. The summed E-state index contributed by atoms with van der Waals surface area (Å²) in [5, 5.41) is 8.96. The van der Waals surface area contributed by atoms with Gasteiger partial charge in [0.15, 0.2) is 0 Å². The average molecular weight is 338 g/mol. The average Bonchev–Trinajstić information content (AvgIpc) is 2.33. The van der Waals surface area contributed by atoms with E-state index >= 15 is 0 Å². The van der Waals surface area contributed by atoms with Crippen LogP contribution in [0.25, 0.3) is 0 Å². The maximum absolute atomic E-state index is 10.9. The number of benzene rings is 2. The van der Waals surface area contributed by atoms with Crippen molar-refractivity contribution in [3.8, 4) is 0 Å². The van der Waals surface area contributed by atoms with Crippen molar-refractivity contribution >= 4 is 28.6 Å². The maximum Gasteiger partial charge on any atom is 0.335 e. The highest BCUT2D eigenvalue weighted by atomic mass is 127. The molecular formula is C14H11IO2. The lowest BCUT2D eigenvalue weighted by atomic mass is 10.0. The number of hydrogen-bond donors (Lipinski definition) is 1. The molecule has 2 aromatic carbocycles. The smallest absolute Gasteiger partial charge is 0.335 e. The summed E-state index contributed by atoms with van der Waals surface area (Å²) >= 11 is 2.23. The van der Waals surface area contributed by atoms with E-state index in [2.05, 4.69) is 22.6 Å². The molecule has 17 heavy (non-hydrogen) atoms. The molecule has 0 unspecified atom stereocenters. The minimum Gasteiger partial charge on any atom is -0.478 e. The van der Waals surface area contributed by atoms with Gasteiger partial charge < -0.3 is 5.11 Å². The van der Waals surface area contributed by atoms with Crippen LogP contribution in [-0.2, 0) is 6.42 Å². The van der Waals surface area contributed by atoms with Gasteiger partial charge in [0.2, 0.25) is 0 Å². The summed E-state index contributed by atoms with van der Waals surface area (Å²) < 4.78 is 1.09. The maximum atomic E-state index is 10.9. The molecule has 0 aromatic heterocycles. The quantitative estimate of drug-likeness (QED) is 0.869. The molecule has 1 N–H and O–H groups in total. The number of carbonyl (C=O) groups is 1. The number of halogens is 1. The number of carboxylic acid groups (broad SMARTS) is 1. The van der Waals surface area contributed by atoms with Gasteiger partial charge in [0.05, 0.1) is 5.56 Å². The summed E-state index contributed by atoms with van der Waals surface area (Å²) in [6.45, 7) is 0. The summed E-state index contributed by atoms with van der Waals surface area (Å²) in [6, 6.07) is 15.3. The van der Waals surface area contributed by atoms with Gasteiger partial charge in [0.1, 0.15) is 0 Å². The Bertz CT molecular complexity index is 535. The number of carboxylic acids is 1. The van der Waals surface area contributed by atoms with Crippen LogP contribution in [0.4, 0.5) is 0 Å². The van der Waals surface area contributed by atoms with E-state index in [0.29, 0.717) is 5.56 Å². The molecule has 2 rings (SSSR count). The van der Waals surface area contributed by atoms with Crippen LogP contribution in [0.15, 0.2) is 48.5 Å². The summed E-state index contributed by atoms with van der Waals surface area (Å²) in [7, 11) is 0. The van der Waals surface area contributed by atoms with E-state index in [1.54, 1.807) is 12.1 Å². The molecule has 0 amide bonds. The Morgan fingerprint density at radius 2 is 1.82 bits per heavy atom. The van der Waals surface area contributed by atoms with E-state index in [9.17, 15) is 4.79 Å². The first-order chi connectivity index (χ1) is 8.16. The zero-order chi connectivity index (χ0) is 12.3. The molecule has 0 atom stereocenters. The third kappa shape index (κ3) is 3.06. The SMILES string of the molecule is O=C(O)c1ccc(I)c(Cc2ccccc2)c1. The first-order valence-corrected chi connectivity index (χ1v) is 6.30. The zero-order valence-electron chi connectivity index (χ0n) is 9.06. The molecule has 0 fully saturated rings. The third-order valence-electron chi connectivity index (χ3n) is 2.53. The molecule has 0 aliphatic heterocycles. The van der Waals surface area contributed by atoms with Gasteiger partial charge in [-0.15, -0.1) is 0 Å². The van der Waals surface area contributed by atoms with Gasteiger partial charge in [0.25, 0.3) is 0 Å². The van der Waals surface area contributed by atoms with Gasteiger partial charge >= 0.3 is 5.97 Å². The first-order valence-electron chi connectivity index (χ1n) is 5.22. The Kier molecular flexibility index (Phi) is 3.78. The predicted molar refractivity (Wildman–Crippen MR) is 75.4 cm³/mol. The van der Waals surface area contributed by atoms with Gasteiger partial charge in [-0.05, 0) is 58.3 Å². The first kappa shape index (κ1) is 12.1. The minimum absolute atomic E-state index is 0.344. The van der Waals surface area contributed by atoms with Crippen LogP contribution in [0.1, 0.15) is 21.5 Å². The Hall–Kier alpha value is -1.36. The molecule has 0 radical (unpaired) electrons. The van der Waals surface area contributed by atoms with E-state index in [4.69, 9.17) is 5.11 Å². The molecule has 0 bridgehead atoms. The van der Waals surface area contributed by atoms with Crippen molar-refractivity contribution in [2.24, 2.45) is 0 Å². The van der Waals surface area contributed by atoms with Crippen molar-refractivity contribution in [2.75, 3.05) is 0 Å². The molecule has 0 heterocycles. The van der Waals surface area contributed by atoms with Crippen molar-refractivity contribution in [2.45, 2.75) is 6.42 Å². The molecule has 3 heteroatoms. The molecule has 2 nitrogen and oxygen atoms in total. The van der Waals surface area contributed by atoms with E-state index < -0.39 is 5.97 Å². The Morgan fingerprint density at radius 1 is 1.12 bits per heavy atom. The lowest BCUT2D eigenvalue weighted by Gasteiger charge is -2.06. The number of hydrogen-bond acceptors (Lipinski definition) is 1. The van der Waals surface area contributed by atoms with E-state index in [1.165, 1.54) is 5.56 Å². The highest BCUT2D eigenvalue weighted by molar-refractivity contribution is 14.1. The highest BCUT2D eigenvalue weighted by Crippen LogP contribution is 2.18. The van der Waals surface area contributed by atoms with Crippen molar-refractivity contribution in [1.82, 2.24) is 0 Å². The zero-order valence-corrected chi connectivity index (χ0v) is 11.2. The van der Waals surface area contributed by atoms with E-state index in [0.717, 1.165) is 15.6 Å². The summed E-state index contributed by atoms with van der Waals surface area (Å²) in [6.07, 6.45) is 0.764. The van der Waals surface area contributed by atoms with Crippen molar-refractivity contribution < 1.29 is 9.90 Å². The lowest BCUT2D eigenvalue weighted by molar-refractivity contribution is 0.0696. The standard InChI is InChI=1S/C14H11IO2/c15-13-7-6-11(14(16)17)9-12(13)8-10-4-2-1-3-5-10/h1-7,9H,8H2,(H,16,17). The molecular weight excluding hydrogens is 327 g/mol. The minimum atomic E-state index is -0.879. The second-order valence-electron chi connectivity index (χ2n) is 3.77. The molecule has 2 aromatic rings. The molecule has 86 valence electrons. The second kappa shape index (κ2) is 5.31. The normalized spacial score (nSPS) is 10.2. The van der Waals surface area contributed by atoms with E-state index in [-0.39, 0.29) is 0 Å². The Balaban J connectivity index is 2.32. The van der Waals surface area contributed by atoms with Crippen LogP contribution in [-0.4, -0.2) is 11.1 Å². The highest BCUT2D eigenvalue weighted by Gasteiger charge is 2.07. The molecule has 0 aliphatic rings.